The minimum atomic E-state index is -2.10. The van der Waals surface area contributed by atoms with E-state index in [1.807, 2.05) is 60.7 Å². The SMILES string of the molecule is [C-]#[N+]C([N+]#[C-])=c1nc2c(ccc3ccc4ccc5oc(=C([N+]#[C-])[N+]#[C-])nc5c4c32)o1.[C-]#[N+]C([N+]#[C-])=c1nc2c(ccc3ccc4ccc5sc(=C([N+]#[C-])[N+]#[C-])nc5c4c32)s1.[C-]#[N+]C([N+]#[C-])=c1nc2c(o1)c(F)c(F)c1c(F)c(F)c3c(F)c(F)c4oc(=C([N+]#[C-])[N+]#[C-])nc4c3c12.[C-]#[N+]C([N+]#[C-])=c1nc2c(s1)c(F)c(F)c1c(F)c(F)c3c(F)c(F)c4sc(=C([N+]#[C-])[N+]#[C-])nc4c3c12. The normalized spacial score (nSPS) is 10.8. The van der Waals surface area contributed by atoms with Crippen molar-refractivity contribution in [1.29, 1.82) is 0 Å². The molecule has 0 saturated carbocycles. The van der Waals surface area contributed by atoms with Crippen LogP contribution in [0.4, 0.5) is 52.7 Å². The van der Waals surface area contributed by atoms with Crippen LogP contribution >= 0.6 is 45.3 Å². The van der Waals surface area contributed by atoms with E-state index >= 15 is 26.3 Å². The van der Waals surface area contributed by atoms with Gasteiger partial charge in [-0.15, -0.1) is 84.1 Å². The fourth-order valence-corrected chi connectivity index (χ4v) is 18.0. The minimum absolute atomic E-state index is 0.0378. The molecule has 20 rings (SSSR count). The summed E-state index contributed by atoms with van der Waals surface area (Å²) in [4.78, 5) is 82.5. The van der Waals surface area contributed by atoms with Crippen molar-refractivity contribution in [3.05, 3.63) is 366 Å². The number of fused-ring (bicyclic) bond motifs is 28. The molecule has 0 aliphatic rings. The lowest BCUT2D eigenvalue weighted by Gasteiger charge is -2.12. The first-order valence-corrected chi connectivity index (χ1v) is 38.5. The predicted octanol–water partition coefficient (Wildman–Crippen LogP) is 19.9. The molecule has 0 atom stereocenters. The molecule has 0 radical (unpaired) electrons. The number of rotatable bonds is 0. The van der Waals surface area contributed by atoms with Crippen LogP contribution in [0.2, 0.25) is 0 Å². The fraction of sp³-hybridized carbons (Fsp3) is 0. The second-order valence-corrected chi connectivity index (χ2v) is 30.2. The van der Waals surface area contributed by atoms with Crippen LogP contribution in [-0.2, 0) is 0 Å². The highest BCUT2D eigenvalue weighted by Gasteiger charge is 2.36. The summed E-state index contributed by atoms with van der Waals surface area (Å²) in [7, 11) is 0. The number of halogens is 12. The molecule has 8 heterocycles. The molecular weight excluding hydrogens is 1810 g/mol. The Morgan fingerprint density at radius 1 is 0.205 bits per heavy atom. The minimum Gasteiger partial charge on any atom is -0.441 e. The number of aromatic nitrogens is 8. The van der Waals surface area contributed by atoms with E-state index in [4.69, 9.17) is 123 Å². The van der Waals surface area contributed by atoms with Gasteiger partial charge in [0.05, 0.1) is 62.4 Å². The van der Waals surface area contributed by atoms with E-state index in [2.05, 4.69) is 117 Å². The van der Waals surface area contributed by atoms with Crippen molar-refractivity contribution >= 4 is 263 Å². The van der Waals surface area contributed by atoms with Crippen LogP contribution in [0.25, 0.3) is 296 Å². The summed E-state index contributed by atoms with van der Waals surface area (Å²) < 4.78 is 202. The molecule has 0 bridgehead atoms. The third kappa shape index (κ3) is 12.6. The molecule has 0 amide bonds. The number of benzene rings is 12. The van der Waals surface area contributed by atoms with Gasteiger partial charge in [-0.3, -0.25) is 0 Å². The third-order valence-corrected chi connectivity index (χ3v) is 23.8. The third-order valence-electron chi connectivity index (χ3n) is 19.6. The lowest BCUT2D eigenvalue weighted by molar-refractivity contribution is 0.473. The van der Waals surface area contributed by atoms with Crippen molar-refractivity contribution in [2.75, 3.05) is 0 Å². The van der Waals surface area contributed by atoms with Gasteiger partial charge in [0.15, 0.2) is 80.5 Å². The highest BCUT2D eigenvalue weighted by Crippen LogP contribution is 2.47. The van der Waals surface area contributed by atoms with Gasteiger partial charge in [0.1, 0.15) is 127 Å². The second kappa shape index (κ2) is 32.3. The summed E-state index contributed by atoms with van der Waals surface area (Å²) >= 11 is 3.41. The van der Waals surface area contributed by atoms with E-state index in [9.17, 15) is 26.3 Å². The van der Waals surface area contributed by atoms with Crippen molar-refractivity contribution in [3.8, 4) is 0 Å². The molecule has 0 aliphatic carbocycles. The molecule has 0 spiro atoms. The second-order valence-electron chi connectivity index (χ2n) is 26.2. The first-order chi connectivity index (χ1) is 63.7. The lowest BCUT2D eigenvalue weighted by atomic mass is 9.97. The molecule has 0 N–H and O–H groups in total. The van der Waals surface area contributed by atoms with Crippen LogP contribution in [0.15, 0.2) is 90.5 Å². The topological polar surface area (TPSA) is 225 Å². The molecule has 20 aromatic rings. The highest BCUT2D eigenvalue weighted by atomic mass is 32.1. The zero-order valence-corrected chi connectivity index (χ0v) is 66.7. The monoisotopic (exact) mass is 1820 g/mol. The Kier molecular flexibility index (Phi) is 20.7. The Hall–Kier alpha value is -19.9. The molecular formula is C88H12F12N24O4S4. The van der Waals surface area contributed by atoms with Crippen LogP contribution in [0.5, 0.6) is 0 Å². The van der Waals surface area contributed by atoms with Crippen molar-refractivity contribution in [1.82, 2.24) is 39.9 Å². The molecule has 0 aliphatic heterocycles. The van der Waals surface area contributed by atoms with Crippen molar-refractivity contribution in [2.45, 2.75) is 0 Å². The smallest absolute Gasteiger partial charge is 0.441 e. The molecule has 132 heavy (non-hydrogen) atoms. The average molecular weight is 1830 g/mol. The van der Waals surface area contributed by atoms with E-state index in [0.29, 0.717) is 54.2 Å². The summed E-state index contributed by atoms with van der Waals surface area (Å²) in [5.41, 5.74) is -3.09. The van der Waals surface area contributed by atoms with Crippen LogP contribution < -0.4 is 40.8 Å². The molecule has 0 saturated heterocycles. The molecule has 616 valence electrons. The van der Waals surface area contributed by atoms with Gasteiger partial charge < -0.3 is 17.7 Å². The quantitative estimate of drug-likeness (QED) is 0.0785. The Bertz CT molecular complexity index is 9100. The maximum Gasteiger partial charge on any atom is 0.582 e. The van der Waals surface area contributed by atoms with E-state index < -0.39 is 190 Å². The van der Waals surface area contributed by atoms with Crippen LogP contribution in [0, 0.1) is 175 Å². The van der Waals surface area contributed by atoms with Crippen LogP contribution in [0.3, 0.4) is 0 Å². The summed E-state index contributed by atoms with van der Waals surface area (Å²) in [5, 5.41) is -1.43. The maximum atomic E-state index is 15.1. The Morgan fingerprint density at radius 3 is 0.712 bits per heavy atom. The van der Waals surface area contributed by atoms with Gasteiger partial charge in [-0.1, -0.05) is 48.5 Å². The number of hydrogen-bond acceptors (Lipinski definition) is 16. The zero-order chi connectivity index (χ0) is 93.8. The molecule has 0 fully saturated rings. The van der Waals surface area contributed by atoms with Crippen molar-refractivity contribution in [2.24, 2.45) is 0 Å². The summed E-state index contributed by atoms with van der Waals surface area (Å²) in [5.74, 6) is -26.5. The van der Waals surface area contributed by atoms with E-state index in [1.165, 1.54) is 22.7 Å². The summed E-state index contributed by atoms with van der Waals surface area (Å²) in [6, 6.07) is 23.0. The van der Waals surface area contributed by atoms with Gasteiger partial charge in [-0.25, -0.2) is 83.8 Å². The van der Waals surface area contributed by atoms with Gasteiger partial charge in [0.25, 0.3) is 0 Å². The van der Waals surface area contributed by atoms with Crippen LogP contribution in [-0.4, -0.2) is 39.9 Å². The molecule has 8 aromatic heterocycles. The zero-order valence-electron chi connectivity index (χ0n) is 63.5. The number of nitrogens with zero attached hydrogens (tertiary/aromatic N) is 24. The van der Waals surface area contributed by atoms with E-state index in [0.717, 1.165) is 63.5 Å². The van der Waals surface area contributed by atoms with Gasteiger partial charge in [0.2, 0.25) is 30.3 Å². The standard InChI is InChI=1S/C22F6N6O2.C22F6N6S2.C22H6N6O2.C22H6N6S2/c2*1-29-19(30-2)21-33-15-5-6-8(10(24)9(23)7(5)11(25)13(27)17(15)35-21)12(26)14(28)18-16(6)34-22(36-18)20(31-3)32-4;2*1-23-19(24-2)21-27-17-13(29-21)9-7-11-5-6-12-8-10-14-18(16(12)15(11)17)28-22(30-14)20(25-3)26-4/h;;2*5-10H. The van der Waals surface area contributed by atoms with Crippen molar-refractivity contribution in [3.63, 3.8) is 0 Å². The number of hydrogen-bond donors (Lipinski definition) is 0. The predicted molar refractivity (Wildman–Crippen MR) is 458 cm³/mol. The molecule has 12 aromatic carbocycles. The summed E-state index contributed by atoms with van der Waals surface area (Å²) in [6.45, 7) is 114. The van der Waals surface area contributed by atoms with Gasteiger partial charge in [-0.2, -0.15) is 47.5 Å². The average Bonchev–Trinajstić information content (AvgIpc) is 1.38. The maximum absolute atomic E-state index is 15.1. The van der Waals surface area contributed by atoms with Gasteiger partial charge in [-0.05, 0) is 45.8 Å². The molecule has 28 nitrogen and oxygen atoms in total. The Morgan fingerprint density at radius 2 is 0.424 bits per heavy atom. The first kappa shape index (κ1) is 84.3. The largest absolute Gasteiger partial charge is 0.582 e. The van der Waals surface area contributed by atoms with E-state index in [1.54, 1.807) is 12.1 Å². The Labute approximate surface area is 735 Å². The van der Waals surface area contributed by atoms with Crippen molar-refractivity contribution < 1.29 is 70.4 Å². The molecule has 44 heteroatoms. The highest BCUT2D eigenvalue weighted by molar-refractivity contribution is 7.18. The van der Waals surface area contributed by atoms with Gasteiger partial charge >= 0.3 is 68.8 Å². The lowest BCUT2D eigenvalue weighted by Crippen LogP contribution is -2.03. The fourth-order valence-electron chi connectivity index (χ4n) is 14.3. The van der Waals surface area contributed by atoms with E-state index in [-0.39, 0.29) is 43.7 Å². The number of thiazole rings is 4. The Balaban J connectivity index is 0.000000123. The van der Waals surface area contributed by atoms with Gasteiger partial charge in [0, 0.05) is 43.1 Å². The summed E-state index contributed by atoms with van der Waals surface area (Å²) in [6.07, 6.45) is 0. The first-order valence-electron chi connectivity index (χ1n) is 35.2. The molecule has 0 unspecified atom stereocenters. The number of oxazole rings is 4. The van der Waals surface area contributed by atoms with Crippen LogP contribution in [0.1, 0.15) is 0 Å².